The Morgan fingerprint density at radius 1 is 0.516 bits per heavy atom. The van der Waals surface area contributed by atoms with Crippen molar-refractivity contribution in [3.05, 3.63) is 36.5 Å². The van der Waals surface area contributed by atoms with Crippen molar-refractivity contribution in [2.45, 2.75) is 249 Å². The van der Waals surface area contributed by atoms with E-state index in [1.165, 1.54) is 109 Å². The first kappa shape index (κ1) is 58.6. The third kappa shape index (κ3) is 31.4. The third-order valence-electron chi connectivity index (χ3n) is 11.5. The van der Waals surface area contributed by atoms with Gasteiger partial charge < -0.3 is 39.9 Å². The molecule has 1 aliphatic rings. The summed E-state index contributed by atoms with van der Waals surface area (Å²) in [6, 6.07) is 0. The van der Waals surface area contributed by atoms with Crippen molar-refractivity contribution >= 4 is 13.8 Å². The van der Waals surface area contributed by atoms with Gasteiger partial charge in [-0.3, -0.25) is 13.8 Å². The van der Waals surface area contributed by atoms with E-state index in [1.54, 1.807) is 0 Å². The van der Waals surface area contributed by atoms with E-state index in [0.29, 0.717) is 13.0 Å². The van der Waals surface area contributed by atoms with Gasteiger partial charge in [-0.2, -0.15) is 0 Å². The molecule has 6 unspecified atom stereocenters. The molecule has 6 N–H and O–H groups in total. The van der Waals surface area contributed by atoms with Crippen molar-refractivity contribution in [3.63, 3.8) is 0 Å². The summed E-state index contributed by atoms with van der Waals surface area (Å²) in [5.41, 5.74) is 0. The highest BCUT2D eigenvalue weighted by Crippen LogP contribution is 2.47. The highest BCUT2D eigenvalue weighted by molar-refractivity contribution is 7.47. The summed E-state index contributed by atoms with van der Waals surface area (Å²) < 4.78 is 34.2. The molecular weight excluding hydrogens is 812 g/mol. The van der Waals surface area contributed by atoms with E-state index in [1.807, 2.05) is 0 Å². The zero-order valence-electron chi connectivity index (χ0n) is 38.9. The van der Waals surface area contributed by atoms with Crippen molar-refractivity contribution in [1.29, 1.82) is 0 Å². The zero-order chi connectivity index (χ0) is 45.5. The van der Waals surface area contributed by atoms with Crippen LogP contribution in [0.1, 0.15) is 206 Å². The van der Waals surface area contributed by atoms with Gasteiger partial charge in [0.25, 0.3) is 0 Å². The molecule has 364 valence electrons. The Morgan fingerprint density at radius 2 is 0.903 bits per heavy atom. The maximum absolute atomic E-state index is 12.8. The summed E-state index contributed by atoms with van der Waals surface area (Å²) in [4.78, 5) is 23.2. The van der Waals surface area contributed by atoms with Gasteiger partial charge in [0.05, 0.1) is 13.2 Å². The molecule has 0 aromatic heterocycles. The Bertz CT molecular complexity index is 1170. The van der Waals surface area contributed by atoms with Gasteiger partial charge in [0.2, 0.25) is 0 Å². The van der Waals surface area contributed by atoms with Crippen LogP contribution >= 0.6 is 7.82 Å². The molecule has 0 spiro atoms. The number of hydrogen-bond donors (Lipinski definition) is 6. The number of unbranched alkanes of at least 4 members (excludes halogenated alkanes) is 24. The monoisotopic (exact) mass is 903 g/mol. The lowest BCUT2D eigenvalue weighted by Crippen LogP contribution is -2.64. The first-order chi connectivity index (χ1) is 30.0. The van der Waals surface area contributed by atoms with Crippen molar-refractivity contribution in [2.24, 2.45) is 0 Å². The number of phosphoric acid groups is 1. The molecule has 0 heterocycles. The van der Waals surface area contributed by atoms with Gasteiger partial charge in [0, 0.05) is 13.0 Å². The fourth-order valence-electron chi connectivity index (χ4n) is 7.50. The molecular formula is C49H91O12P. The largest absolute Gasteiger partial charge is 0.472 e. The maximum Gasteiger partial charge on any atom is 0.472 e. The number of allylic oxidation sites excluding steroid dienone is 6. The normalized spacial score (nSPS) is 22.3. The van der Waals surface area contributed by atoms with Crippen LogP contribution in [0.2, 0.25) is 0 Å². The van der Waals surface area contributed by atoms with Crippen molar-refractivity contribution in [2.75, 3.05) is 19.8 Å². The molecule has 1 fully saturated rings. The highest BCUT2D eigenvalue weighted by Gasteiger charge is 2.51. The molecule has 6 atom stereocenters. The van der Waals surface area contributed by atoms with E-state index in [9.17, 15) is 39.8 Å². The predicted octanol–water partition coefficient (Wildman–Crippen LogP) is 10.6. The SMILES string of the molecule is CCCCCC/C=C\C/C=C\CCCCCCCCCC(=O)OC(COCCCCCCCC/C=C\CCCCCCCCC)COP(=O)(O)OC1C(O)C(O)C(O)C(O)C1O. The Labute approximate surface area is 376 Å². The van der Waals surface area contributed by atoms with Gasteiger partial charge in [0.15, 0.2) is 0 Å². The van der Waals surface area contributed by atoms with Crippen molar-refractivity contribution in [3.8, 4) is 0 Å². The Kier molecular flexibility index (Phi) is 37.7. The summed E-state index contributed by atoms with van der Waals surface area (Å²) >= 11 is 0. The molecule has 12 nitrogen and oxygen atoms in total. The number of phosphoric ester groups is 1. The standard InChI is InChI=1S/C49H91O12P/c1-3-5-7-9-11-13-15-17-19-21-22-24-26-28-30-32-34-36-38-43(50)60-42(41-59-62(56,57)61-49-47(54)45(52)44(51)46(53)48(49)55)40-58-39-37-35-33-31-29-27-25-23-20-18-16-14-12-10-8-6-4-2/h13,15,19-21,23,42,44-49,51-55H,3-12,14,16-18,22,24-41H2,1-2H3,(H,56,57)/b15-13-,21-19-,23-20-. The second-order valence-electron chi connectivity index (χ2n) is 17.3. The lowest BCUT2D eigenvalue weighted by atomic mass is 9.85. The van der Waals surface area contributed by atoms with Gasteiger partial charge in [-0.15, -0.1) is 0 Å². The number of esters is 1. The maximum atomic E-state index is 12.8. The van der Waals surface area contributed by atoms with Crippen LogP contribution in [0.15, 0.2) is 36.5 Å². The molecule has 0 amide bonds. The molecule has 0 aromatic rings. The summed E-state index contributed by atoms with van der Waals surface area (Å²) in [5, 5.41) is 50.2. The number of carbonyl (C=O) groups excluding carboxylic acids is 1. The molecule has 0 saturated heterocycles. The minimum Gasteiger partial charge on any atom is -0.457 e. The van der Waals surface area contributed by atoms with Crippen LogP contribution in [0, 0.1) is 0 Å². The number of carbonyl (C=O) groups is 1. The minimum atomic E-state index is -5.02. The van der Waals surface area contributed by atoms with Crippen LogP contribution in [0.3, 0.4) is 0 Å². The fourth-order valence-corrected chi connectivity index (χ4v) is 8.47. The summed E-state index contributed by atoms with van der Waals surface area (Å²) in [5.74, 6) is -0.486. The molecule has 1 saturated carbocycles. The molecule has 13 heteroatoms. The minimum absolute atomic E-state index is 0.0831. The number of ether oxygens (including phenoxy) is 2. The van der Waals surface area contributed by atoms with Crippen LogP contribution in [-0.2, 0) is 27.9 Å². The number of aliphatic hydroxyl groups excluding tert-OH is 5. The van der Waals surface area contributed by atoms with E-state index in [2.05, 4.69) is 50.3 Å². The van der Waals surface area contributed by atoms with E-state index >= 15 is 0 Å². The van der Waals surface area contributed by atoms with E-state index < -0.39 is 63.1 Å². The number of rotatable bonds is 42. The zero-order valence-corrected chi connectivity index (χ0v) is 39.8. The van der Waals surface area contributed by atoms with Crippen molar-refractivity contribution in [1.82, 2.24) is 0 Å². The van der Waals surface area contributed by atoms with Crippen LogP contribution in [0.4, 0.5) is 0 Å². The third-order valence-corrected chi connectivity index (χ3v) is 12.5. The Morgan fingerprint density at radius 3 is 1.39 bits per heavy atom. The summed E-state index contributed by atoms with van der Waals surface area (Å²) in [7, 11) is -5.02. The van der Waals surface area contributed by atoms with Crippen LogP contribution in [-0.4, -0.2) is 98.9 Å². The Hall–Kier alpha value is -1.44. The van der Waals surface area contributed by atoms with Crippen LogP contribution in [0.25, 0.3) is 0 Å². The quantitative estimate of drug-likeness (QED) is 0.0147. The van der Waals surface area contributed by atoms with Gasteiger partial charge in [-0.1, -0.05) is 166 Å². The van der Waals surface area contributed by atoms with Gasteiger partial charge >= 0.3 is 13.8 Å². The van der Waals surface area contributed by atoms with Gasteiger partial charge in [-0.05, 0) is 70.6 Å². The molecule has 0 radical (unpaired) electrons. The summed E-state index contributed by atoms with van der Waals surface area (Å²) in [6.45, 7) is 4.23. The smallest absolute Gasteiger partial charge is 0.457 e. The molecule has 1 aliphatic carbocycles. The van der Waals surface area contributed by atoms with Crippen LogP contribution < -0.4 is 0 Å². The Balaban J connectivity index is 2.38. The number of hydrogen-bond acceptors (Lipinski definition) is 11. The van der Waals surface area contributed by atoms with Crippen molar-refractivity contribution < 1.29 is 58.3 Å². The molecule has 1 rings (SSSR count). The summed E-state index contributed by atoms with van der Waals surface area (Å²) in [6.07, 6.45) is 34.9. The molecule has 62 heavy (non-hydrogen) atoms. The van der Waals surface area contributed by atoms with E-state index in [4.69, 9.17) is 18.5 Å². The first-order valence-corrected chi connectivity index (χ1v) is 26.3. The molecule has 0 aliphatic heterocycles. The average Bonchev–Trinajstić information content (AvgIpc) is 3.26. The number of aliphatic hydroxyl groups is 5. The second kappa shape index (κ2) is 39.9. The topological polar surface area (TPSA) is 192 Å². The molecule has 0 bridgehead atoms. The first-order valence-electron chi connectivity index (χ1n) is 24.8. The highest BCUT2D eigenvalue weighted by atomic mass is 31.2. The average molecular weight is 903 g/mol. The van der Waals surface area contributed by atoms with Gasteiger partial charge in [0.1, 0.15) is 42.7 Å². The second-order valence-corrected chi connectivity index (χ2v) is 18.7. The lowest BCUT2D eigenvalue weighted by molar-refractivity contribution is -0.220. The fraction of sp³-hybridized carbons (Fsp3) is 0.857. The van der Waals surface area contributed by atoms with E-state index in [-0.39, 0.29) is 13.0 Å². The van der Waals surface area contributed by atoms with Gasteiger partial charge in [-0.25, -0.2) is 4.57 Å². The van der Waals surface area contributed by atoms with Crippen LogP contribution in [0.5, 0.6) is 0 Å². The lowest BCUT2D eigenvalue weighted by Gasteiger charge is -2.41. The molecule has 0 aromatic carbocycles. The predicted molar refractivity (Wildman–Crippen MR) is 249 cm³/mol. The van der Waals surface area contributed by atoms with E-state index in [0.717, 1.165) is 70.6 Å².